The Labute approximate surface area is 108 Å². The van der Waals surface area contributed by atoms with Crippen molar-refractivity contribution in [3.05, 3.63) is 47.5 Å². The Kier molecular flexibility index (Phi) is 2.97. The maximum Gasteiger partial charge on any atom is 0.221 e. The molecule has 0 spiro atoms. The van der Waals surface area contributed by atoms with Crippen LogP contribution in [0, 0.1) is 0 Å². The fraction of sp³-hybridized carbons (Fsp3) is 0.0769. The third-order valence-corrected chi connectivity index (χ3v) is 2.78. The lowest BCUT2D eigenvalue weighted by Gasteiger charge is -2.24. The molecule has 0 heterocycles. The van der Waals surface area contributed by atoms with E-state index in [2.05, 4.69) is 0 Å². The van der Waals surface area contributed by atoms with Gasteiger partial charge in [-0.25, -0.2) is 0 Å². The van der Waals surface area contributed by atoms with Gasteiger partial charge >= 0.3 is 0 Å². The van der Waals surface area contributed by atoms with Crippen LogP contribution in [-0.4, -0.2) is 30.6 Å². The molecule has 0 aromatic heterocycles. The molecule has 0 saturated heterocycles. The van der Waals surface area contributed by atoms with Crippen molar-refractivity contribution in [2.45, 2.75) is 5.79 Å². The van der Waals surface area contributed by atoms with Crippen LogP contribution in [-0.2, 0) is 5.79 Å². The summed E-state index contributed by atoms with van der Waals surface area (Å²) < 4.78 is 0. The van der Waals surface area contributed by atoms with E-state index in [1.165, 1.54) is 12.1 Å². The number of hydrogen-bond donors (Lipinski definition) is 6. The third kappa shape index (κ3) is 2.03. The summed E-state index contributed by atoms with van der Waals surface area (Å²) in [6.45, 7) is 0. The van der Waals surface area contributed by atoms with Gasteiger partial charge in [-0.1, -0.05) is 30.3 Å². The highest BCUT2D eigenvalue weighted by atomic mass is 16.5. The monoisotopic (exact) mass is 264 g/mol. The number of benzene rings is 2. The van der Waals surface area contributed by atoms with E-state index < -0.39 is 34.3 Å². The lowest BCUT2D eigenvalue weighted by atomic mass is 9.96. The number of phenolic OH excluding ortho intramolecular Hbond substituents is 4. The number of aliphatic hydroxyl groups is 2. The van der Waals surface area contributed by atoms with Gasteiger partial charge in [-0.3, -0.25) is 0 Å². The molecule has 0 radical (unpaired) electrons. The first-order chi connectivity index (χ1) is 8.85. The van der Waals surface area contributed by atoms with Crippen LogP contribution in [0.4, 0.5) is 0 Å². The zero-order valence-corrected chi connectivity index (χ0v) is 9.65. The van der Waals surface area contributed by atoms with E-state index >= 15 is 0 Å². The predicted octanol–water partition coefficient (Wildman–Crippen LogP) is 0.695. The second-order valence-corrected chi connectivity index (χ2v) is 4.03. The van der Waals surface area contributed by atoms with Crippen molar-refractivity contribution in [3.63, 3.8) is 0 Å². The van der Waals surface area contributed by atoms with Gasteiger partial charge in [0.1, 0.15) is 0 Å². The highest BCUT2D eigenvalue weighted by molar-refractivity contribution is 5.62. The van der Waals surface area contributed by atoms with Crippen molar-refractivity contribution in [1.82, 2.24) is 0 Å². The molecule has 0 aliphatic carbocycles. The van der Waals surface area contributed by atoms with Gasteiger partial charge < -0.3 is 30.6 Å². The first kappa shape index (κ1) is 13.0. The van der Waals surface area contributed by atoms with Crippen LogP contribution in [0.25, 0.3) is 0 Å². The fourth-order valence-corrected chi connectivity index (χ4v) is 1.73. The minimum absolute atomic E-state index is 0.0230. The first-order valence-electron chi connectivity index (χ1n) is 5.33. The second kappa shape index (κ2) is 4.34. The highest BCUT2D eigenvalue weighted by Crippen LogP contribution is 2.47. The van der Waals surface area contributed by atoms with Crippen LogP contribution in [0.3, 0.4) is 0 Å². The summed E-state index contributed by atoms with van der Waals surface area (Å²) in [5.74, 6) is -6.31. The van der Waals surface area contributed by atoms with Gasteiger partial charge in [0.2, 0.25) is 17.3 Å². The van der Waals surface area contributed by atoms with E-state index in [4.69, 9.17) is 0 Å². The van der Waals surface area contributed by atoms with Gasteiger partial charge in [-0.05, 0) is 6.07 Å². The molecule has 2 aromatic carbocycles. The minimum atomic E-state index is -2.63. The molecule has 100 valence electrons. The average molecular weight is 264 g/mol. The van der Waals surface area contributed by atoms with Crippen LogP contribution in [0.1, 0.15) is 11.1 Å². The van der Waals surface area contributed by atoms with Crippen molar-refractivity contribution < 1.29 is 30.6 Å². The van der Waals surface area contributed by atoms with Crippen molar-refractivity contribution in [1.29, 1.82) is 0 Å². The van der Waals surface area contributed by atoms with Crippen LogP contribution < -0.4 is 0 Å². The zero-order valence-electron chi connectivity index (χ0n) is 9.65. The normalized spacial score (nSPS) is 11.5. The number of phenols is 4. The molecule has 0 fully saturated rings. The molecule has 0 atom stereocenters. The van der Waals surface area contributed by atoms with Gasteiger partial charge in [-0.15, -0.1) is 0 Å². The standard InChI is InChI=1S/C13H12O6/c14-9-6-8(10(15)12(17)11(9)16)13(18,19)7-4-2-1-3-5-7/h1-6,14-19H. The molecular formula is C13H12O6. The molecule has 6 nitrogen and oxygen atoms in total. The maximum absolute atomic E-state index is 10.1. The summed E-state index contributed by atoms with van der Waals surface area (Å²) in [7, 11) is 0. The number of rotatable bonds is 2. The van der Waals surface area contributed by atoms with E-state index in [0.29, 0.717) is 0 Å². The zero-order chi connectivity index (χ0) is 14.2. The first-order valence-corrected chi connectivity index (χ1v) is 5.33. The van der Waals surface area contributed by atoms with Gasteiger partial charge in [0.25, 0.3) is 0 Å². The van der Waals surface area contributed by atoms with E-state index in [9.17, 15) is 30.6 Å². The Morgan fingerprint density at radius 3 is 1.89 bits per heavy atom. The summed E-state index contributed by atoms with van der Waals surface area (Å²) in [5.41, 5.74) is -0.527. The number of aromatic hydroxyl groups is 4. The third-order valence-electron chi connectivity index (χ3n) is 2.78. The summed E-state index contributed by atoms with van der Waals surface area (Å²) in [6, 6.07) is 8.30. The molecule has 0 bridgehead atoms. The largest absolute Gasteiger partial charge is 0.504 e. The molecule has 0 aliphatic rings. The van der Waals surface area contributed by atoms with E-state index in [1.54, 1.807) is 18.2 Å². The lowest BCUT2D eigenvalue weighted by Crippen LogP contribution is -2.26. The lowest BCUT2D eigenvalue weighted by molar-refractivity contribution is -0.133. The molecule has 0 saturated carbocycles. The van der Waals surface area contributed by atoms with Crippen LogP contribution in [0.15, 0.2) is 36.4 Å². The van der Waals surface area contributed by atoms with Crippen LogP contribution >= 0.6 is 0 Å². The predicted molar refractivity (Wildman–Crippen MR) is 64.8 cm³/mol. The molecular weight excluding hydrogens is 252 g/mol. The summed E-state index contributed by atoms with van der Waals surface area (Å²) >= 11 is 0. The molecule has 6 N–H and O–H groups in total. The van der Waals surface area contributed by atoms with E-state index in [1.807, 2.05) is 0 Å². The summed E-state index contributed by atoms with van der Waals surface area (Å²) in [5, 5.41) is 57.8. The number of hydrogen-bond acceptors (Lipinski definition) is 6. The SMILES string of the molecule is Oc1cc(C(O)(O)c2ccccc2)c(O)c(O)c1O. The minimum Gasteiger partial charge on any atom is -0.504 e. The Morgan fingerprint density at radius 1 is 0.737 bits per heavy atom. The van der Waals surface area contributed by atoms with Gasteiger partial charge in [-0.2, -0.15) is 0 Å². The Balaban J connectivity index is 2.65. The molecule has 0 amide bonds. The smallest absolute Gasteiger partial charge is 0.221 e. The quantitative estimate of drug-likeness (QED) is 0.270. The van der Waals surface area contributed by atoms with E-state index in [0.717, 1.165) is 6.07 Å². The molecule has 2 aromatic rings. The Morgan fingerprint density at radius 2 is 1.32 bits per heavy atom. The van der Waals surface area contributed by atoms with Crippen molar-refractivity contribution in [2.75, 3.05) is 0 Å². The van der Waals surface area contributed by atoms with Crippen molar-refractivity contribution >= 4 is 0 Å². The van der Waals surface area contributed by atoms with Crippen LogP contribution in [0.2, 0.25) is 0 Å². The van der Waals surface area contributed by atoms with E-state index in [-0.39, 0.29) is 5.56 Å². The summed E-state index contributed by atoms with van der Waals surface area (Å²) in [6.07, 6.45) is 0. The molecule has 2 rings (SSSR count). The summed E-state index contributed by atoms with van der Waals surface area (Å²) in [4.78, 5) is 0. The molecule has 19 heavy (non-hydrogen) atoms. The highest BCUT2D eigenvalue weighted by Gasteiger charge is 2.34. The second-order valence-electron chi connectivity index (χ2n) is 4.03. The van der Waals surface area contributed by atoms with Gasteiger partial charge in [0.05, 0.1) is 5.56 Å². The Hall–Kier alpha value is -2.44. The van der Waals surface area contributed by atoms with Crippen molar-refractivity contribution in [2.24, 2.45) is 0 Å². The molecule has 6 heteroatoms. The van der Waals surface area contributed by atoms with Crippen LogP contribution in [0.5, 0.6) is 23.0 Å². The molecule has 0 aliphatic heterocycles. The van der Waals surface area contributed by atoms with Crippen molar-refractivity contribution in [3.8, 4) is 23.0 Å². The average Bonchev–Trinajstić information content (AvgIpc) is 2.41. The topological polar surface area (TPSA) is 121 Å². The Bertz CT molecular complexity index is 606. The molecule has 0 unspecified atom stereocenters. The fourth-order valence-electron chi connectivity index (χ4n) is 1.73. The van der Waals surface area contributed by atoms with Gasteiger partial charge in [0, 0.05) is 5.56 Å². The maximum atomic E-state index is 10.1. The van der Waals surface area contributed by atoms with Gasteiger partial charge in [0.15, 0.2) is 11.5 Å².